The molecule has 0 spiro atoms. The van der Waals surface area contributed by atoms with Crippen LogP contribution in [0.4, 0.5) is 13.2 Å². The molecule has 150 valence electrons. The smallest absolute Gasteiger partial charge is 0.368 e. The minimum atomic E-state index is -4.67. The minimum Gasteiger partial charge on any atom is -0.368 e. The number of nitrogens with zero attached hydrogens (tertiary/aromatic N) is 2. The Hall–Kier alpha value is -2.37. The van der Waals surface area contributed by atoms with Gasteiger partial charge in [-0.3, -0.25) is 9.69 Å². The molecule has 1 unspecified atom stereocenters. The summed E-state index contributed by atoms with van der Waals surface area (Å²) >= 11 is 1.000. The van der Waals surface area contributed by atoms with Gasteiger partial charge in [-0.15, -0.1) is 11.3 Å². The Morgan fingerprint density at radius 2 is 1.86 bits per heavy atom. The number of benzene rings is 1. The van der Waals surface area contributed by atoms with Crippen molar-refractivity contribution < 1.29 is 18.0 Å². The van der Waals surface area contributed by atoms with Gasteiger partial charge in [-0.2, -0.15) is 18.4 Å². The second-order valence-electron chi connectivity index (χ2n) is 6.89. The number of alkyl halides is 3. The molecule has 2 atom stereocenters. The molecule has 1 heterocycles. The van der Waals surface area contributed by atoms with Crippen molar-refractivity contribution in [2.24, 2.45) is 11.7 Å². The van der Waals surface area contributed by atoms with Gasteiger partial charge in [0.2, 0.25) is 5.91 Å². The van der Waals surface area contributed by atoms with Crippen LogP contribution >= 0.6 is 11.3 Å². The van der Waals surface area contributed by atoms with Crippen molar-refractivity contribution in [2.75, 3.05) is 6.54 Å². The molecule has 0 saturated carbocycles. The van der Waals surface area contributed by atoms with Crippen LogP contribution in [0.25, 0.3) is 10.4 Å². The molecule has 2 rings (SSSR count). The summed E-state index contributed by atoms with van der Waals surface area (Å²) in [6, 6.07) is 10.6. The SMILES string of the molecule is CC(C)C[C@@H](C(N)=O)N(CC#N)C(c1ccc(-c2ccccc2)s1)C(F)(F)F. The second kappa shape index (κ2) is 9.22. The van der Waals surface area contributed by atoms with Crippen molar-refractivity contribution in [1.82, 2.24) is 4.90 Å². The highest BCUT2D eigenvalue weighted by atomic mass is 32.1. The molecule has 0 fully saturated rings. The van der Waals surface area contributed by atoms with Crippen LogP contribution in [0, 0.1) is 17.2 Å². The van der Waals surface area contributed by atoms with E-state index in [2.05, 4.69) is 0 Å². The van der Waals surface area contributed by atoms with Crippen molar-refractivity contribution in [2.45, 2.75) is 38.5 Å². The molecular formula is C20H22F3N3OS. The van der Waals surface area contributed by atoms with Crippen LogP contribution in [0.3, 0.4) is 0 Å². The molecule has 2 aromatic rings. The first-order valence-electron chi connectivity index (χ1n) is 8.79. The van der Waals surface area contributed by atoms with Crippen molar-refractivity contribution in [3.05, 3.63) is 47.3 Å². The van der Waals surface area contributed by atoms with E-state index in [1.165, 1.54) is 6.07 Å². The zero-order valence-corrected chi connectivity index (χ0v) is 16.4. The summed E-state index contributed by atoms with van der Waals surface area (Å²) in [6.45, 7) is 3.03. The lowest BCUT2D eigenvalue weighted by atomic mass is 9.99. The fourth-order valence-corrected chi connectivity index (χ4v) is 4.26. The Balaban J connectivity index is 2.50. The highest BCUT2D eigenvalue weighted by Gasteiger charge is 2.48. The van der Waals surface area contributed by atoms with Crippen molar-refractivity contribution in [1.29, 1.82) is 5.26 Å². The van der Waals surface area contributed by atoms with E-state index in [-0.39, 0.29) is 17.2 Å². The molecule has 1 aromatic carbocycles. The minimum absolute atomic E-state index is 0.0246. The van der Waals surface area contributed by atoms with E-state index in [0.717, 1.165) is 21.8 Å². The number of nitrogens with two attached hydrogens (primary N) is 1. The lowest BCUT2D eigenvalue weighted by molar-refractivity contribution is -0.191. The Bertz CT molecular complexity index is 827. The summed E-state index contributed by atoms with van der Waals surface area (Å²) in [5, 5.41) is 9.14. The number of halogens is 3. The van der Waals surface area contributed by atoms with Crippen LogP contribution in [0.5, 0.6) is 0 Å². The number of carbonyl (C=O) groups excluding carboxylic acids is 1. The van der Waals surface area contributed by atoms with Gasteiger partial charge < -0.3 is 5.73 Å². The molecule has 0 aliphatic heterocycles. The molecule has 0 aliphatic rings. The van der Waals surface area contributed by atoms with Crippen molar-refractivity contribution in [3.63, 3.8) is 0 Å². The summed E-state index contributed by atoms with van der Waals surface area (Å²) in [4.78, 5) is 13.5. The Morgan fingerprint density at radius 1 is 1.21 bits per heavy atom. The van der Waals surface area contributed by atoms with Gasteiger partial charge in [0.15, 0.2) is 0 Å². The zero-order valence-electron chi connectivity index (χ0n) is 15.6. The first-order valence-corrected chi connectivity index (χ1v) is 9.60. The molecule has 0 saturated heterocycles. The van der Waals surface area contributed by atoms with Gasteiger partial charge in [0.05, 0.1) is 18.7 Å². The maximum absolute atomic E-state index is 14.1. The molecule has 4 nitrogen and oxygen atoms in total. The summed E-state index contributed by atoms with van der Waals surface area (Å²) in [5.74, 6) is -0.922. The lowest BCUT2D eigenvalue weighted by Gasteiger charge is -2.36. The van der Waals surface area contributed by atoms with Gasteiger partial charge in [0, 0.05) is 9.75 Å². The van der Waals surface area contributed by atoms with Crippen LogP contribution in [0.2, 0.25) is 0 Å². The molecule has 0 aliphatic carbocycles. The highest BCUT2D eigenvalue weighted by molar-refractivity contribution is 7.15. The normalized spacial score (nSPS) is 14.1. The standard InChI is InChI=1S/C20H22F3N3OS/c1-13(2)12-15(19(25)27)26(11-10-24)18(20(21,22)23)17-9-8-16(28-17)14-6-4-3-5-7-14/h3-9,13,15,18H,11-12H2,1-2H3,(H2,25,27)/t15-,18?/m0/s1. The van der Waals surface area contributed by atoms with E-state index in [1.807, 2.05) is 30.3 Å². The van der Waals surface area contributed by atoms with Crippen LogP contribution in [-0.4, -0.2) is 29.6 Å². The average Bonchev–Trinajstić information content (AvgIpc) is 3.08. The van der Waals surface area contributed by atoms with E-state index in [4.69, 9.17) is 11.0 Å². The van der Waals surface area contributed by atoms with Crippen molar-refractivity contribution >= 4 is 17.2 Å². The van der Waals surface area contributed by atoms with E-state index < -0.39 is 30.7 Å². The third-order valence-electron chi connectivity index (χ3n) is 4.27. The summed E-state index contributed by atoms with van der Waals surface area (Å²) in [7, 11) is 0. The second-order valence-corrected chi connectivity index (χ2v) is 8.01. The number of hydrogen-bond acceptors (Lipinski definition) is 4. The predicted molar refractivity (Wildman–Crippen MR) is 103 cm³/mol. The van der Waals surface area contributed by atoms with Crippen LogP contribution < -0.4 is 5.73 Å². The number of primary amides is 1. The first kappa shape index (κ1) is 21.9. The fraction of sp³-hybridized carbons (Fsp3) is 0.400. The van der Waals surface area contributed by atoms with Crippen LogP contribution in [0.15, 0.2) is 42.5 Å². The maximum Gasteiger partial charge on any atom is 0.408 e. The average molecular weight is 409 g/mol. The Morgan fingerprint density at radius 3 is 2.36 bits per heavy atom. The topological polar surface area (TPSA) is 70.1 Å². The number of nitriles is 1. The predicted octanol–water partition coefficient (Wildman–Crippen LogP) is 4.74. The molecule has 28 heavy (non-hydrogen) atoms. The van der Waals surface area contributed by atoms with Gasteiger partial charge in [0.1, 0.15) is 6.04 Å². The van der Waals surface area contributed by atoms with Gasteiger partial charge >= 0.3 is 6.18 Å². The monoisotopic (exact) mass is 409 g/mol. The summed E-state index contributed by atoms with van der Waals surface area (Å²) < 4.78 is 42.2. The number of thiophene rings is 1. The van der Waals surface area contributed by atoms with Crippen LogP contribution in [0.1, 0.15) is 31.2 Å². The quantitative estimate of drug-likeness (QED) is 0.640. The molecule has 0 bridgehead atoms. The van der Waals surface area contributed by atoms with Gasteiger partial charge in [-0.25, -0.2) is 0 Å². The van der Waals surface area contributed by atoms with E-state index in [9.17, 15) is 18.0 Å². The lowest BCUT2D eigenvalue weighted by Crippen LogP contribution is -2.50. The van der Waals surface area contributed by atoms with Crippen LogP contribution in [-0.2, 0) is 4.79 Å². The molecule has 2 N–H and O–H groups in total. The number of hydrogen-bond donors (Lipinski definition) is 1. The largest absolute Gasteiger partial charge is 0.408 e. The van der Waals surface area contributed by atoms with E-state index in [1.54, 1.807) is 26.0 Å². The van der Waals surface area contributed by atoms with E-state index >= 15 is 0 Å². The van der Waals surface area contributed by atoms with Crippen molar-refractivity contribution in [3.8, 4) is 16.5 Å². The summed E-state index contributed by atoms with van der Waals surface area (Å²) in [6.07, 6.45) is -4.53. The highest BCUT2D eigenvalue weighted by Crippen LogP contribution is 2.43. The molecule has 0 radical (unpaired) electrons. The molecular weight excluding hydrogens is 387 g/mol. The van der Waals surface area contributed by atoms with Gasteiger partial charge in [-0.05, 0) is 30.0 Å². The number of rotatable bonds is 8. The molecule has 8 heteroatoms. The fourth-order valence-electron chi connectivity index (χ4n) is 3.09. The maximum atomic E-state index is 14.1. The molecule has 1 amide bonds. The third kappa shape index (κ3) is 5.33. The Kier molecular flexibility index (Phi) is 7.22. The summed E-state index contributed by atoms with van der Waals surface area (Å²) in [5.41, 5.74) is 6.22. The number of amides is 1. The number of carbonyl (C=O) groups is 1. The van der Waals surface area contributed by atoms with E-state index in [0.29, 0.717) is 4.88 Å². The Labute approximate surface area is 166 Å². The third-order valence-corrected chi connectivity index (χ3v) is 5.46. The molecule has 1 aromatic heterocycles. The zero-order chi connectivity index (χ0) is 20.9. The van der Waals surface area contributed by atoms with Gasteiger partial charge in [0.25, 0.3) is 0 Å². The first-order chi connectivity index (χ1) is 13.1. The van der Waals surface area contributed by atoms with Gasteiger partial charge in [-0.1, -0.05) is 44.2 Å².